The number of hydrogen-bond donors (Lipinski definition) is 0. The summed E-state index contributed by atoms with van der Waals surface area (Å²) in [5.74, 6) is 1.54. The number of carbonyl (C=O) groups excluding carboxylic acids is 1. The molecule has 3 heteroatoms. The zero-order valence-corrected chi connectivity index (χ0v) is 12.0. The van der Waals surface area contributed by atoms with Crippen molar-refractivity contribution >= 4 is 5.78 Å². The number of hydrogen-bond acceptors (Lipinski definition) is 3. The Labute approximate surface area is 112 Å². The van der Waals surface area contributed by atoms with E-state index in [1.54, 1.807) is 0 Å². The van der Waals surface area contributed by atoms with Crippen LogP contribution in [-0.4, -0.2) is 55.4 Å². The molecule has 2 aliphatic rings. The fraction of sp³-hybridized carbons (Fsp3) is 0.933. The summed E-state index contributed by atoms with van der Waals surface area (Å²) in [7, 11) is 2.17. The summed E-state index contributed by atoms with van der Waals surface area (Å²) in [6.07, 6.45) is 5.75. The summed E-state index contributed by atoms with van der Waals surface area (Å²) in [5.41, 5.74) is 0. The Bertz CT molecular complexity index is 274. The largest absolute Gasteiger partial charge is 0.304 e. The predicted molar refractivity (Wildman–Crippen MR) is 74.7 cm³/mol. The maximum absolute atomic E-state index is 11.9. The highest BCUT2D eigenvalue weighted by atomic mass is 16.1. The van der Waals surface area contributed by atoms with E-state index in [-0.39, 0.29) is 0 Å². The standard InChI is InChI=1S/C15H28N2O/c1-13-5-6-15(18)14(11-13)12-16(2)9-10-17-7-3-4-8-17/h13-14H,3-12H2,1-2H3. The Morgan fingerprint density at radius 2 is 2.06 bits per heavy atom. The first-order valence-corrected chi connectivity index (χ1v) is 7.59. The van der Waals surface area contributed by atoms with E-state index in [2.05, 4.69) is 23.8 Å². The summed E-state index contributed by atoms with van der Waals surface area (Å²) in [5, 5.41) is 0. The molecule has 0 aromatic rings. The number of nitrogens with zero attached hydrogens (tertiary/aromatic N) is 2. The molecule has 1 heterocycles. The second-order valence-corrected chi connectivity index (χ2v) is 6.35. The van der Waals surface area contributed by atoms with Gasteiger partial charge in [0.1, 0.15) is 5.78 Å². The minimum Gasteiger partial charge on any atom is -0.304 e. The Balaban J connectivity index is 1.68. The lowest BCUT2D eigenvalue weighted by Crippen LogP contribution is -2.38. The predicted octanol–water partition coefficient (Wildman–Crippen LogP) is 2.02. The highest BCUT2D eigenvalue weighted by molar-refractivity contribution is 5.81. The zero-order valence-electron chi connectivity index (χ0n) is 12.0. The molecule has 0 amide bonds. The van der Waals surface area contributed by atoms with E-state index in [1.165, 1.54) is 32.5 Å². The number of rotatable bonds is 5. The smallest absolute Gasteiger partial charge is 0.137 e. The molecule has 0 spiro atoms. The maximum Gasteiger partial charge on any atom is 0.137 e. The molecule has 0 aromatic carbocycles. The first-order chi connectivity index (χ1) is 8.65. The molecule has 2 rings (SSSR count). The van der Waals surface area contributed by atoms with Crippen LogP contribution in [0.5, 0.6) is 0 Å². The minimum absolute atomic E-state index is 0.303. The third kappa shape index (κ3) is 4.06. The van der Waals surface area contributed by atoms with Crippen LogP contribution in [0.25, 0.3) is 0 Å². The molecule has 2 fully saturated rings. The molecule has 0 N–H and O–H groups in total. The maximum atomic E-state index is 11.9. The average Bonchev–Trinajstić information content (AvgIpc) is 2.84. The van der Waals surface area contributed by atoms with E-state index in [0.717, 1.165) is 38.3 Å². The van der Waals surface area contributed by atoms with Crippen LogP contribution in [0, 0.1) is 11.8 Å². The molecule has 2 unspecified atom stereocenters. The molecule has 1 aliphatic heterocycles. The molecule has 1 saturated heterocycles. The van der Waals surface area contributed by atoms with Gasteiger partial charge in [-0.05, 0) is 51.7 Å². The summed E-state index contributed by atoms with van der Waals surface area (Å²) < 4.78 is 0. The normalized spacial score (nSPS) is 30.3. The monoisotopic (exact) mass is 252 g/mol. The number of carbonyl (C=O) groups is 1. The molecule has 0 bridgehead atoms. The molecule has 104 valence electrons. The fourth-order valence-corrected chi connectivity index (χ4v) is 3.29. The quantitative estimate of drug-likeness (QED) is 0.748. The molecule has 1 aliphatic carbocycles. The Hall–Kier alpha value is -0.410. The van der Waals surface area contributed by atoms with Crippen LogP contribution in [-0.2, 0) is 4.79 Å². The van der Waals surface area contributed by atoms with Gasteiger partial charge in [-0.1, -0.05) is 6.92 Å². The van der Waals surface area contributed by atoms with Crippen molar-refractivity contribution in [3.05, 3.63) is 0 Å². The number of likely N-dealkylation sites (N-methyl/N-ethyl adjacent to an activating group) is 1. The van der Waals surface area contributed by atoms with Gasteiger partial charge in [-0.2, -0.15) is 0 Å². The van der Waals surface area contributed by atoms with Gasteiger partial charge in [-0.15, -0.1) is 0 Å². The summed E-state index contributed by atoms with van der Waals surface area (Å²) >= 11 is 0. The molecular weight excluding hydrogens is 224 g/mol. The van der Waals surface area contributed by atoms with Crippen LogP contribution >= 0.6 is 0 Å². The van der Waals surface area contributed by atoms with E-state index in [1.807, 2.05) is 0 Å². The van der Waals surface area contributed by atoms with Crippen LogP contribution in [0.2, 0.25) is 0 Å². The van der Waals surface area contributed by atoms with Crippen molar-refractivity contribution in [1.82, 2.24) is 9.80 Å². The van der Waals surface area contributed by atoms with Gasteiger partial charge in [0.15, 0.2) is 0 Å². The Kier molecular flexibility index (Phi) is 5.19. The SMILES string of the molecule is CC1CCC(=O)C(CN(C)CCN2CCCC2)C1. The number of ketones is 1. The molecule has 0 radical (unpaired) electrons. The highest BCUT2D eigenvalue weighted by Crippen LogP contribution is 2.26. The van der Waals surface area contributed by atoms with E-state index >= 15 is 0 Å². The molecule has 3 nitrogen and oxygen atoms in total. The van der Waals surface area contributed by atoms with E-state index in [0.29, 0.717) is 11.7 Å². The number of likely N-dealkylation sites (tertiary alicyclic amines) is 1. The fourth-order valence-electron chi connectivity index (χ4n) is 3.29. The summed E-state index contributed by atoms with van der Waals surface area (Å²) in [6, 6.07) is 0. The van der Waals surface area contributed by atoms with E-state index in [4.69, 9.17) is 0 Å². The van der Waals surface area contributed by atoms with Crippen molar-refractivity contribution in [1.29, 1.82) is 0 Å². The first kappa shape index (κ1) is 14.0. The topological polar surface area (TPSA) is 23.6 Å². The van der Waals surface area contributed by atoms with Gasteiger partial charge in [0, 0.05) is 32.0 Å². The second kappa shape index (κ2) is 6.67. The van der Waals surface area contributed by atoms with Crippen LogP contribution < -0.4 is 0 Å². The summed E-state index contributed by atoms with van der Waals surface area (Å²) in [4.78, 5) is 16.8. The molecule has 2 atom stereocenters. The zero-order chi connectivity index (χ0) is 13.0. The van der Waals surface area contributed by atoms with E-state index in [9.17, 15) is 4.79 Å². The molecule has 1 saturated carbocycles. The van der Waals surface area contributed by atoms with Crippen LogP contribution in [0.3, 0.4) is 0 Å². The second-order valence-electron chi connectivity index (χ2n) is 6.35. The summed E-state index contributed by atoms with van der Waals surface area (Å²) in [6.45, 7) is 8.08. The third-order valence-electron chi connectivity index (χ3n) is 4.55. The van der Waals surface area contributed by atoms with Crippen LogP contribution in [0.15, 0.2) is 0 Å². The van der Waals surface area contributed by atoms with Gasteiger partial charge >= 0.3 is 0 Å². The van der Waals surface area contributed by atoms with Crippen molar-refractivity contribution in [2.45, 2.75) is 39.0 Å². The molecular formula is C15H28N2O. The van der Waals surface area contributed by atoms with Gasteiger partial charge < -0.3 is 9.80 Å². The van der Waals surface area contributed by atoms with Gasteiger partial charge in [-0.25, -0.2) is 0 Å². The molecule has 0 aromatic heterocycles. The average molecular weight is 252 g/mol. The highest BCUT2D eigenvalue weighted by Gasteiger charge is 2.27. The Morgan fingerprint density at radius 1 is 1.33 bits per heavy atom. The van der Waals surface area contributed by atoms with Crippen molar-refractivity contribution in [3.8, 4) is 0 Å². The van der Waals surface area contributed by atoms with Crippen molar-refractivity contribution in [2.24, 2.45) is 11.8 Å². The third-order valence-corrected chi connectivity index (χ3v) is 4.55. The lowest BCUT2D eigenvalue weighted by atomic mass is 9.81. The van der Waals surface area contributed by atoms with Crippen molar-refractivity contribution < 1.29 is 4.79 Å². The first-order valence-electron chi connectivity index (χ1n) is 7.59. The minimum atomic E-state index is 0.303. The molecule has 18 heavy (non-hydrogen) atoms. The van der Waals surface area contributed by atoms with Crippen LogP contribution in [0.1, 0.15) is 39.0 Å². The lowest BCUT2D eigenvalue weighted by Gasteiger charge is -2.30. The van der Waals surface area contributed by atoms with Gasteiger partial charge in [0.25, 0.3) is 0 Å². The number of Topliss-reactive ketones (excluding diaryl/α,β-unsaturated/α-hetero) is 1. The van der Waals surface area contributed by atoms with E-state index < -0.39 is 0 Å². The van der Waals surface area contributed by atoms with Gasteiger partial charge in [-0.3, -0.25) is 4.79 Å². The van der Waals surface area contributed by atoms with Crippen LogP contribution in [0.4, 0.5) is 0 Å². The van der Waals surface area contributed by atoms with Gasteiger partial charge in [0.2, 0.25) is 0 Å². The van der Waals surface area contributed by atoms with Gasteiger partial charge in [0.05, 0.1) is 0 Å². The Morgan fingerprint density at radius 3 is 2.78 bits per heavy atom. The van der Waals surface area contributed by atoms with Crippen molar-refractivity contribution in [3.63, 3.8) is 0 Å². The van der Waals surface area contributed by atoms with Crippen molar-refractivity contribution in [2.75, 3.05) is 39.8 Å². The lowest BCUT2D eigenvalue weighted by molar-refractivity contribution is -0.126.